The molecule has 0 aliphatic rings. The second kappa shape index (κ2) is 4.66. The van der Waals surface area contributed by atoms with Crippen LogP contribution in [-0.4, -0.2) is 12.0 Å². The molecule has 0 N–H and O–H groups in total. The highest BCUT2D eigenvalue weighted by Crippen LogP contribution is 2.23. The van der Waals surface area contributed by atoms with Crippen LogP contribution in [0.5, 0.6) is 0 Å². The average Bonchev–Trinajstić information content (AvgIpc) is 2.33. The van der Waals surface area contributed by atoms with E-state index in [0.717, 1.165) is 21.7 Å². The van der Waals surface area contributed by atoms with Crippen LogP contribution < -0.4 is 4.90 Å². The highest BCUT2D eigenvalue weighted by atomic mass is 79.9. The number of halogens is 1. The Hall–Kier alpha value is -1.35. The van der Waals surface area contributed by atoms with Crippen molar-refractivity contribution in [2.45, 2.75) is 6.92 Å². The van der Waals surface area contributed by atoms with Gasteiger partial charge in [0, 0.05) is 17.2 Å². The number of pyridine rings is 1. The van der Waals surface area contributed by atoms with Crippen LogP contribution in [0.15, 0.2) is 46.9 Å². The predicted molar refractivity (Wildman–Crippen MR) is 71.2 cm³/mol. The third kappa shape index (κ3) is 2.25. The van der Waals surface area contributed by atoms with Crippen molar-refractivity contribution in [3.8, 4) is 0 Å². The van der Waals surface area contributed by atoms with E-state index in [1.165, 1.54) is 0 Å². The lowest BCUT2D eigenvalue weighted by Gasteiger charge is -2.18. The Labute approximate surface area is 104 Å². The quantitative estimate of drug-likeness (QED) is 0.827. The van der Waals surface area contributed by atoms with Crippen LogP contribution in [0.2, 0.25) is 0 Å². The molecule has 2 rings (SSSR count). The van der Waals surface area contributed by atoms with Crippen molar-refractivity contribution in [3.05, 3.63) is 52.6 Å². The van der Waals surface area contributed by atoms with E-state index in [1.54, 1.807) is 0 Å². The number of benzene rings is 1. The summed E-state index contributed by atoms with van der Waals surface area (Å²) in [6.45, 7) is 1.99. The van der Waals surface area contributed by atoms with Gasteiger partial charge >= 0.3 is 0 Å². The van der Waals surface area contributed by atoms with E-state index in [4.69, 9.17) is 0 Å². The van der Waals surface area contributed by atoms with Gasteiger partial charge in [-0.3, -0.25) is 0 Å². The molecule has 1 aromatic carbocycles. The molecule has 1 heterocycles. The molecule has 1 aromatic heterocycles. The van der Waals surface area contributed by atoms with Gasteiger partial charge in [0.2, 0.25) is 0 Å². The number of para-hydroxylation sites is 1. The number of hydrogen-bond donors (Lipinski definition) is 0. The maximum absolute atomic E-state index is 4.53. The number of nitrogens with zero attached hydrogens (tertiary/aromatic N) is 2. The van der Waals surface area contributed by atoms with E-state index >= 15 is 0 Å². The van der Waals surface area contributed by atoms with E-state index in [1.807, 2.05) is 44.3 Å². The summed E-state index contributed by atoms with van der Waals surface area (Å²) in [5, 5.41) is 0. The lowest BCUT2D eigenvalue weighted by molar-refractivity contribution is 1.08. The molecule has 0 spiro atoms. The third-order valence-corrected chi connectivity index (χ3v) is 3.33. The van der Waals surface area contributed by atoms with Gasteiger partial charge in [-0.15, -0.1) is 0 Å². The molecule has 16 heavy (non-hydrogen) atoms. The average molecular weight is 277 g/mol. The molecule has 82 valence electrons. The van der Waals surface area contributed by atoms with Gasteiger partial charge in [-0.05, 0) is 47.1 Å². The summed E-state index contributed by atoms with van der Waals surface area (Å²) in [6.07, 6.45) is 0. The fourth-order valence-electron chi connectivity index (χ4n) is 1.50. The lowest BCUT2D eigenvalue weighted by Crippen LogP contribution is -2.11. The third-order valence-electron chi connectivity index (χ3n) is 2.49. The number of aryl methyl sites for hydroxylation is 1. The van der Waals surface area contributed by atoms with Gasteiger partial charge in [-0.2, -0.15) is 0 Å². The normalized spacial score (nSPS) is 10.2. The maximum atomic E-state index is 4.53. The predicted octanol–water partition coefficient (Wildman–Crippen LogP) is 3.92. The number of hydrogen-bond acceptors (Lipinski definition) is 2. The molecular weight excluding hydrogens is 264 g/mol. The zero-order valence-corrected chi connectivity index (χ0v) is 10.9. The summed E-state index contributed by atoms with van der Waals surface area (Å²) in [5.41, 5.74) is 2.14. The summed E-state index contributed by atoms with van der Waals surface area (Å²) >= 11 is 3.45. The molecule has 0 atom stereocenters. The topological polar surface area (TPSA) is 16.1 Å². The highest BCUT2D eigenvalue weighted by molar-refractivity contribution is 9.10. The van der Waals surface area contributed by atoms with Crippen LogP contribution in [0, 0.1) is 6.92 Å². The Bertz CT molecular complexity index is 483. The van der Waals surface area contributed by atoms with Crippen molar-refractivity contribution in [2.75, 3.05) is 11.9 Å². The van der Waals surface area contributed by atoms with Crippen LogP contribution in [0.3, 0.4) is 0 Å². The molecular formula is C13H13BrN2. The summed E-state index contributed by atoms with van der Waals surface area (Å²) in [5.74, 6) is 0.951. The molecule has 0 fully saturated rings. The Morgan fingerprint density at radius 3 is 2.38 bits per heavy atom. The van der Waals surface area contributed by atoms with Gasteiger partial charge in [-0.25, -0.2) is 4.98 Å². The molecule has 0 aliphatic heterocycles. The minimum Gasteiger partial charge on any atom is -0.329 e. The molecule has 3 heteroatoms. The van der Waals surface area contributed by atoms with Gasteiger partial charge in [0.25, 0.3) is 0 Å². The first-order valence-corrected chi connectivity index (χ1v) is 5.89. The maximum Gasteiger partial charge on any atom is 0.133 e. The Morgan fingerprint density at radius 2 is 1.75 bits per heavy atom. The van der Waals surface area contributed by atoms with Crippen molar-refractivity contribution < 1.29 is 0 Å². The van der Waals surface area contributed by atoms with Crippen molar-refractivity contribution >= 4 is 27.4 Å². The van der Waals surface area contributed by atoms with E-state index in [2.05, 4.69) is 37.9 Å². The molecule has 0 saturated heterocycles. The first-order chi connectivity index (χ1) is 7.68. The highest BCUT2D eigenvalue weighted by Gasteiger charge is 2.05. The van der Waals surface area contributed by atoms with Crippen molar-refractivity contribution in [2.24, 2.45) is 0 Å². The molecule has 0 bridgehead atoms. The second-order valence-electron chi connectivity index (χ2n) is 3.63. The van der Waals surface area contributed by atoms with Gasteiger partial charge in [-0.1, -0.05) is 18.2 Å². The van der Waals surface area contributed by atoms with Gasteiger partial charge in [0.15, 0.2) is 0 Å². The van der Waals surface area contributed by atoms with E-state index in [0.29, 0.717) is 0 Å². The minimum absolute atomic E-state index is 0.951. The minimum atomic E-state index is 0.951. The van der Waals surface area contributed by atoms with Crippen molar-refractivity contribution in [1.82, 2.24) is 4.98 Å². The Morgan fingerprint density at radius 1 is 1.06 bits per heavy atom. The van der Waals surface area contributed by atoms with Crippen LogP contribution in [0.25, 0.3) is 0 Å². The van der Waals surface area contributed by atoms with Gasteiger partial charge in [0.1, 0.15) is 5.82 Å². The molecule has 0 radical (unpaired) electrons. The van der Waals surface area contributed by atoms with Gasteiger partial charge < -0.3 is 4.90 Å². The Balaban J connectivity index is 2.34. The van der Waals surface area contributed by atoms with E-state index < -0.39 is 0 Å². The summed E-state index contributed by atoms with van der Waals surface area (Å²) in [6, 6.07) is 14.2. The zero-order chi connectivity index (χ0) is 11.5. The molecule has 0 unspecified atom stereocenters. The number of anilines is 2. The van der Waals surface area contributed by atoms with Crippen LogP contribution in [0.4, 0.5) is 11.5 Å². The smallest absolute Gasteiger partial charge is 0.133 e. The molecule has 2 aromatic rings. The summed E-state index contributed by atoms with van der Waals surface area (Å²) in [4.78, 5) is 6.60. The molecule has 0 amide bonds. The summed E-state index contributed by atoms with van der Waals surface area (Å²) < 4.78 is 1.04. The standard InChI is InChI=1S/C13H13BrN2/c1-10-12(14)8-9-13(15-10)16(2)11-6-4-3-5-7-11/h3-9H,1-2H3. The Kier molecular flexibility index (Phi) is 3.25. The fraction of sp³-hybridized carbons (Fsp3) is 0.154. The van der Waals surface area contributed by atoms with Crippen LogP contribution in [-0.2, 0) is 0 Å². The van der Waals surface area contributed by atoms with Crippen LogP contribution in [0.1, 0.15) is 5.69 Å². The van der Waals surface area contributed by atoms with Crippen molar-refractivity contribution in [3.63, 3.8) is 0 Å². The summed E-state index contributed by atoms with van der Waals surface area (Å²) in [7, 11) is 2.02. The van der Waals surface area contributed by atoms with Crippen LogP contribution >= 0.6 is 15.9 Å². The van der Waals surface area contributed by atoms with E-state index in [9.17, 15) is 0 Å². The SMILES string of the molecule is Cc1nc(N(C)c2ccccc2)ccc1Br. The fourth-order valence-corrected chi connectivity index (χ4v) is 1.72. The largest absolute Gasteiger partial charge is 0.329 e. The number of rotatable bonds is 2. The van der Waals surface area contributed by atoms with Gasteiger partial charge in [0.05, 0.1) is 5.69 Å². The first kappa shape index (κ1) is 11.1. The molecule has 0 saturated carbocycles. The number of aromatic nitrogens is 1. The molecule has 2 nitrogen and oxygen atoms in total. The van der Waals surface area contributed by atoms with Crippen molar-refractivity contribution in [1.29, 1.82) is 0 Å². The first-order valence-electron chi connectivity index (χ1n) is 5.10. The second-order valence-corrected chi connectivity index (χ2v) is 4.49. The zero-order valence-electron chi connectivity index (χ0n) is 9.31. The lowest BCUT2D eigenvalue weighted by atomic mass is 10.3. The monoisotopic (exact) mass is 276 g/mol. The van der Waals surface area contributed by atoms with E-state index in [-0.39, 0.29) is 0 Å². The molecule has 0 aliphatic carbocycles.